The van der Waals surface area contributed by atoms with Gasteiger partial charge in [0, 0.05) is 6.61 Å². The average Bonchev–Trinajstić information content (AvgIpc) is 3.00. The number of hydrogen-bond acceptors (Lipinski definition) is 8. The molecule has 0 radical (unpaired) electrons. The summed E-state index contributed by atoms with van der Waals surface area (Å²) in [5.74, 6) is -1.03. The predicted molar refractivity (Wildman–Crippen MR) is 87.0 cm³/mol. The van der Waals surface area contributed by atoms with Crippen molar-refractivity contribution in [3.8, 4) is 0 Å². The molecule has 138 valence electrons. The van der Waals surface area contributed by atoms with E-state index in [-0.39, 0.29) is 11.8 Å². The van der Waals surface area contributed by atoms with Gasteiger partial charge >= 0.3 is 5.97 Å². The van der Waals surface area contributed by atoms with E-state index >= 15 is 0 Å². The van der Waals surface area contributed by atoms with Crippen LogP contribution >= 0.6 is 0 Å². The zero-order chi connectivity index (χ0) is 18.4. The lowest BCUT2D eigenvalue weighted by Crippen LogP contribution is -2.50. The Hall–Kier alpha value is -2.11. The van der Waals surface area contributed by atoms with Crippen LogP contribution in [0.25, 0.3) is 11.2 Å². The first-order valence-electron chi connectivity index (χ1n) is 7.70. The lowest BCUT2D eigenvalue weighted by Gasteiger charge is -2.26. The summed E-state index contributed by atoms with van der Waals surface area (Å²) in [6, 6.07) is 3.13. The van der Waals surface area contributed by atoms with E-state index < -0.39 is 31.3 Å². The normalized spacial score (nSPS) is 16.9. The number of aromatic carboxylic acids is 1. The van der Waals surface area contributed by atoms with Crippen LogP contribution in [0.2, 0.25) is 0 Å². The summed E-state index contributed by atoms with van der Waals surface area (Å²) in [7, 11) is 0. The Kier molecular flexibility index (Phi) is 6.39. The van der Waals surface area contributed by atoms with Crippen molar-refractivity contribution in [1.29, 1.82) is 0 Å². The fourth-order valence-electron chi connectivity index (χ4n) is 1.99. The van der Waals surface area contributed by atoms with Gasteiger partial charge in [-0.05, 0) is 18.6 Å². The molecule has 0 saturated carbocycles. The molecule has 25 heavy (non-hydrogen) atoms. The van der Waals surface area contributed by atoms with Crippen molar-refractivity contribution < 1.29 is 30.0 Å². The van der Waals surface area contributed by atoms with Crippen molar-refractivity contribution in [1.82, 2.24) is 14.5 Å². The quantitative estimate of drug-likeness (QED) is 0.418. The van der Waals surface area contributed by atoms with Crippen molar-refractivity contribution >= 4 is 17.1 Å². The van der Waals surface area contributed by atoms with Gasteiger partial charge in [-0.25, -0.2) is 14.8 Å². The number of carboxylic acids is 1. The standard InChI is InChI=1S/C11H11N3O3.C4H11NO3/c15-11(16)9-2-1-8-10(13-9)14(6-12-8)5-7-3-4-17-7;5-4(1-6,2-7)3-8/h1-2,6-7H,3-5H2,(H,15,16);6-8H,1-3,5H2/t7-;/m0./s1. The van der Waals surface area contributed by atoms with Crippen LogP contribution in [-0.4, -0.2) is 79.0 Å². The molecule has 3 heterocycles. The van der Waals surface area contributed by atoms with E-state index in [1.165, 1.54) is 6.07 Å². The second kappa shape index (κ2) is 8.32. The molecule has 1 aliphatic rings. The Morgan fingerprint density at radius 2 is 1.96 bits per heavy atom. The highest BCUT2D eigenvalue weighted by atomic mass is 16.5. The maximum atomic E-state index is 10.9. The Balaban J connectivity index is 0.000000242. The highest BCUT2D eigenvalue weighted by Crippen LogP contribution is 2.17. The van der Waals surface area contributed by atoms with Gasteiger partial charge in [0.25, 0.3) is 0 Å². The summed E-state index contributed by atoms with van der Waals surface area (Å²) >= 11 is 0. The van der Waals surface area contributed by atoms with Gasteiger partial charge in [-0.2, -0.15) is 0 Å². The first-order chi connectivity index (χ1) is 11.9. The van der Waals surface area contributed by atoms with Gasteiger partial charge in [0.15, 0.2) is 11.3 Å². The fourth-order valence-corrected chi connectivity index (χ4v) is 1.99. The third kappa shape index (κ3) is 4.71. The average molecular weight is 354 g/mol. The van der Waals surface area contributed by atoms with Crippen LogP contribution in [0.4, 0.5) is 0 Å². The van der Waals surface area contributed by atoms with E-state index in [0.29, 0.717) is 17.7 Å². The Morgan fingerprint density at radius 1 is 1.32 bits per heavy atom. The molecule has 10 nitrogen and oxygen atoms in total. The molecule has 2 aromatic rings. The van der Waals surface area contributed by atoms with Crippen LogP contribution in [0.15, 0.2) is 18.5 Å². The monoisotopic (exact) mass is 354 g/mol. The molecular weight excluding hydrogens is 332 g/mol. The molecule has 1 saturated heterocycles. The number of rotatable bonds is 6. The molecule has 3 rings (SSSR count). The van der Waals surface area contributed by atoms with E-state index in [0.717, 1.165) is 13.0 Å². The first-order valence-corrected chi connectivity index (χ1v) is 7.70. The Bertz CT molecular complexity index is 703. The molecule has 1 atom stereocenters. The summed E-state index contributed by atoms with van der Waals surface area (Å²) < 4.78 is 7.18. The van der Waals surface area contributed by atoms with E-state index in [4.69, 9.17) is 30.9 Å². The lowest BCUT2D eigenvalue weighted by atomic mass is 10.1. The van der Waals surface area contributed by atoms with Gasteiger partial charge in [-0.3, -0.25) is 0 Å². The second-order valence-electron chi connectivity index (χ2n) is 5.86. The zero-order valence-corrected chi connectivity index (χ0v) is 13.6. The number of nitrogens with zero attached hydrogens (tertiary/aromatic N) is 3. The molecule has 6 N–H and O–H groups in total. The molecule has 2 aromatic heterocycles. The minimum atomic E-state index is -1.21. The van der Waals surface area contributed by atoms with Crippen molar-refractivity contribution in [3.05, 3.63) is 24.2 Å². The van der Waals surface area contributed by atoms with Crippen molar-refractivity contribution in [3.63, 3.8) is 0 Å². The number of carboxylic acid groups (broad SMARTS) is 1. The third-order valence-corrected chi connectivity index (χ3v) is 3.82. The topological polar surface area (TPSA) is 164 Å². The Morgan fingerprint density at radius 3 is 2.40 bits per heavy atom. The predicted octanol–water partition coefficient (Wildman–Crippen LogP) is -1.42. The zero-order valence-electron chi connectivity index (χ0n) is 13.6. The molecule has 0 aliphatic carbocycles. The lowest BCUT2D eigenvalue weighted by molar-refractivity contribution is -0.0587. The number of aromatic nitrogens is 3. The van der Waals surface area contributed by atoms with Crippen LogP contribution in [0.1, 0.15) is 16.9 Å². The number of fused-ring (bicyclic) bond motifs is 1. The molecule has 0 unspecified atom stereocenters. The van der Waals surface area contributed by atoms with Crippen LogP contribution in [-0.2, 0) is 11.3 Å². The molecule has 1 aliphatic heterocycles. The second-order valence-corrected chi connectivity index (χ2v) is 5.86. The summed E-state index contributed by atoms with van der Waals surface area (Å²) in [4.78, 5) is 19.1. The summed E-state index contributed by atoms with van der Waals surface area (Å²) in [6.07, 6.45) is 2.89. The first kappa shape index (κ1) is 19.2. The van der Waals surface area contributed by atoms with Gasteiger partial charge in [-0.15, -0.1) is 0 Å². The van der Waals surface area contributed by atoms with E-state index in [9.17, 15) is 4.79 Å². The smallest absolute Gasteiger partial charge is 0.354 e. The number of hydrogen-bond donors (Lipinski definition) is 5. The number of pyridine rings is 1. The van der Waals surface area contributed by atoms with Crippen molar-refractivity contribution in [2.24, 2.45) is 5.73 Å². The highest BCUT2D eigenvalue weighted by molar-refractivity contribution is 5.88. The summed E-state index contributed by atoms with van der Waals surface area (Å²) in [5.41, 5.74) is 5.27. The summed E-state index contributed by atoms with van der Waals surface area (Å²) in [6.45, 7) is 0.262. The molecule has 0 spiro atoms. The van der Waals surface area contributed by atoms with Crippen molar-refractivity contribution in [2.45, 2.75) is 24.6 Å². The van der Waals surface area contributed by atoms with E-state index in [1.54, 1.807) is 12.4 Å². The maximum Gasteiger partial charge on any atom is 0.354 e. The molecule has 1 fully saturated rings. The number of carbonyl (C=O) groups is 1. The fraction of sp³-hybridized carbons (Fsp3) is 0.533. The minimum absolute atomic E-state index is 0.0359. The molecular formula is C15H22N4O6. The number of aliphatic hydroxyl groups is 3. The maximum absolute atomic E-state index is 10.9. The molecule has 0 bridgehead atoms. The number of ether oxygens (including phenoxy) is 1. The van der Waals surface area contributed by atoms with Gasteiger partial charge in [-0.1, -0.05) is 0 Å². The molecule has 10 heteroatoms. The van der Waals surface area contributed by atoms with Crippen molar-refractivity contribution in [2.75, 3.05) is 26.4 Å². The molecule has 0 amide bonds. The molecule has 0 aromatic carbocycles. The van der Waals surface area contributed by atoms with E-state index in [2.05, 4.69) is 9.97 Å². The number of aliphatic hydroxyl groups excluding tert-OH is 3. The van der Waals surface area contributed by atoms with Crippen LogP contribution in [0, 0.1) is 0 Å². The number of nitrogens with two attached hydrogens (primary N) is 1. The third-order valence-electron chi connectivity index (χ3n) is 3.82. The SMILES string of the molecule is NC(CO)(CO)CO.O=C(O)c1ccc2ncn(C[C@@H]3CCO3)c2n1. The minimum Gasteiger partial charge on any atom is -0.477 e. The van der Waals surface area contributed by atoms with Gasteiger partial charge in [0.1, 0.15) is 5.52 Å². The van der Waals surface area contributed by atoms with Gasteiger partial charge < -0.3 is 35.5 Å². The van der Waals surface area contributed by atoms with Crippen LogP contribution in [0.3, 0.4) is 0 Å². The highest BCUT2D eigenvalue weighted by Gasteiger charge is 2.21. The van der Waals surface area contributed by atoms with Crippen LogP contribution < -0.4 is 5.73 Å². The van der Waals surface area contributed by atoms with E-state index in [1.807, 2.05) is 4.57 Å². The van der Waals surface area contributed by atoms with Gasteiger partial charge in [0.05, 0.1) is 44.3 Å². The summed E-state index contributed by atoms with van der Waals surface area (Å²) in [5, 5.41) is 33.9. The van der Waals surface area contributed by atoms with Crippen LogP contribution in [0.5, 0.6) is 0 Å². The van der Waals surface area contributed by atoms with Gasteiger partial charge in [0.2, 0.25) is 0 Å². The number of imidazole rings is 1. The largest absolute Gasteiger partial charge is 0.477 e. The Labute approximate surface area is 143 Å².